The summed E-state index contributed by atoms with van der Waals surface area (Å²) in [4.78, 5) is 26.6. The van der Waals surface area contributed by atoms with Crippen molar-refractivity contribution in [1.82, 2.24) is 14.3 Å². The van der Waals surface area contributed by atoms with Crippen molar-refractivity contribution in [2.45, 2.75) is 24.3 Å². The molecule has 2 saturated heterocycles. The lowest BCUT2D eigenvalue weighted by molar-refractivity contribution is 0.102. The van der Waals surface area contributed by atoms with Gasteiger partial charge in [-0.2, -0.15) is 9.29 Å². The van der Waals surface area contributed by atoms with Crippen LogP contribution in [0.2, 0.25) is 0 Å². The van der Waals surface area contributed by atoms with Gasteiger partial charge in [-0.05, 0) is 49.7 Å². The lowest BCUT2D eigenvalue weighted by atomic mass is 10.1. The van der Waals surface area contributed by atoms with Crippen molar-refractivity contribution >= 4 is 49.1 Å². The molecular formula is C28H36N8O5S2. The van der Waals surface area contributed by atoms with E-state index in [4.69, 9.17) is 10.7 Å². The van der Waals surface area contributed by atoms with Gasteiger partial charge in [0.25, 0.3) is 5.91 Å². The van der Waals surface area contributed by atoms with Crippen LogP contribution in [0.15, 0.2) is 59.5 Å². The molecule has 5 rings (SSSR count). The quantitative estimate of drug-likeness (QED) is 0.374. The zero-order valence-electron chi connectivity index (χ0n) is 24.3. The molecule has 0 bridgehead atoms. The molecule has 3 N–H and O–H groups in total. The number of sulfonamides is 2. The highest BCUT2D eigenvalue weighted by Crippen LogP contribution is 2.26. The fraction of sp³-hybridized carbons (Fsp3) is 0.393. The molecule has 43 heavy (non-hydrogen) atoms. The first-order valence-electron chi connectivity index (χ1n) is 13.9. The van der Waals surface area contributed by atoms with E-state index in [1.54, 1.807) is 18.2 Å². The van der Waals surface area contributed by atoms with E-state index in [2.05, 4.69) is 15.2 Å². The van der Waals surface area contributed by atoms with E-state index in [-0.39, 0.29) is 35.3 Å². The summed E-state index contributed by atoms with van der Waals surface area (Å²) in [5.74, 6) is 0.896. The van der Waals surface area contributed by atoms with Crippen LogP contribution in [0.5, 0.6) is 0 Å². The van der Waals surface area contributed by atoms with Crippen molar-refractivity contribution in [2.24, 2.45) is 5.73 Å². The van der Waals surface area contributed by atoms with Crippen molar-refractivity contribution in [2.75, 3.05) is 72.0 Å². The molecule has 3 heterocycles. The van der Waals surface area contributed by atoms with Gasteiger partial charge in [-0.25, -0.2) is 21.8 Å². The minimum absolute atomic E-state index is 0.107. The van der Waals surface area contributed by atoms with E-state index in [1.807, 2.05) is 17.9 Å². The van der Waals surface area contributed by atoms with Crippen LogP contribution in [0.3, 0.4) is 0 Å². The van der Waals surface area contributed by atoms with Crippen molar-refractivity contribution in [1.29, 1.82) is 0 Å². The third-order valence-electron chi connectivity index (χ3n) is 7.63. The molecule has 0 radical (unpaired) electrons. The molecule has 230 valence electrons. The Balaban J connectivity index is 1.23. The first-order chi connectivity index (χ1) is 20.3. The number of para-hydroxylation sites is 1. The summed E-state index contributed by atoms with van der Waals surface area (Å²) >= 11 is 0. The van der Waals surface area contributed by atoms with Gasteiger partial charge in [-0.15, -0.1) is 0 Å². The minimum atomic E-state index is -3.78. The first-order valence-corrected chi connectivity index (χ1v) is 17.2. The van der Waals surface area contributed by atoms with Gasteiger partial charge in [0.05, 0.1) is 22.4 Å². The van der Waals surface area contributed by atoms with Crippen LogP contribution in [0.1, 0.15) is 22.5 Å². The van der Waals surface area contributed by atoms with Crippen LogP contribution < -0.4 is 25.2 Å². The van der Waals surface area contributed by atoms with Gasteiger partial charge in [0.15, 0.2) is 0 Å². The number of nitrogens with two attached hydrogens (primary N) is 1. The summed E-state index contributed by atoms with van der Waals surface area (Å²) < 4.78 is 53.4. The number of carbonyl (C=O) groups is 1. The molecule has 0 spiro atoms. The zero-order chi connectivity index (χ0) is 30.9. The maximum Gasteiger partial charge on any atom is 0.257 e. The van der Waals surface area contributed by atoms with Crippen molar-refractivity contribution in [3.8, 4) is 0 Å². The predicted molar refractivity (Wildman–Crippen MR) is 167 cm³/mol. The van der Waals surface area contributed by atoms with E-state index >= 15 is 0 Å². The lowest BCUT2D eigenvalue weighted by Crippen LogP contribution is -2.49. The molecule has 2 aliphatic rings. The Morgan fingerprint density at radius 1 is 0.953 bits per heavy atom. The third-order valence-corrected chi connectivity index (χ3v) is 10.7. The minimum Gasteiger partial charge on any atom is -0.355 e. The summed E-state index contributed by atoms with van der Waals surface area (Å²) in [6, 6.07) is 14.3. The maximum atomic E-state index is 13.4. The number of benzene rings is 2. The van der Waals surface area contributed by atoms with Gasteiger partial charge in [-0.3, -0.25) is 9.10 Å². The molecule has 0 unspecified atom stereocenters. The second-order valence-electron chi connectivity index (χ2n) is 10.8. The Morgan fingerprint density at radius 2 is 1.63 bits per heavy atom. The molecule has 1 amide bonds. The highest BCUT2D eigenvalue weighted by Gasteiger charge is 2.30. The monoisotopic (exact) mass is 628 g/mol. The fourth-order valence-electron chi connectivity index (χ4n) is 5.14. The molecular weight excluding hydrogens is 592 g/mol. The normalized spacial score (nSPS) is 18.1. The maximum absolute atomic E-state index is 13.4. The Bertz CT molecular complexity index is 1710. The topological polar surface area (TPSA) is 162 Å². The number of amides is 1. The standard InChI is InChI=1S/C28H36N8O5S2/c1-20-18-26(35-13-12-21(29)19-35)32-28(30-20)34-14-16-36(17-15-34)43(40,41)23-10-8-22(9-11-23)31-27(37)24-6-4-5-7-25(24)33(2)42(3,38)39/h4-11,18,21H,12-17,19,29H2,1-3H3,(H,31,37)/t21-/m0/s1. The van der Waals surface area contributed by atoms with Crippen LogP contribution in [0.25, 0.3) is 0 Å². The number of anilines is 4. The van der Waals surface area contributed by atoms with Gasteiger partial charge in [0.1, 0.15) is 5.82 Å². The second-order valence-corrected chi connectivity index (χ2v) is 14.7. The average molecular weight is 629 g/mol. The summed E-state index contributed by atoms with van der Waals surface area (Å²) in [5.41, 5.74) is 7.68. The summed E-state index contributed by atoms with van der Waals surface area (Å²) in [5, 5.41) is 2.72. The fourth-order valence-corrected chi connectivity index (χ4v) is 7.08. The molecule has 2 aromatic carbocycles. The molecule has 1 aromatic heterocycles. The second kappa shape index (κ2) is 12.1. The van der Waals surface area contributed by atoms with Crippen LogP contribution in [-0.4, -0.2) is 95.6 Å². The largest absolute Gasteiger partial charge is 0.355 e. The van der Waals surface area contributed by atoms with E-state index in [1.165, 1.54) is 41.7 Å². The van der Waals surface area contributed by atoms with Crippen molar-refractivity contribution in [3.05, 3.63) is 65.9 Å². The van der Waals surface area contributed by atoms with E-state index in [9.17, 15) is 21.6 Å². The predicted octanol–water partition coefficient (Wildman–Crippen LogP) is 1.48. The summed E-state index contributed by atoms with van der Waals surface area (Å²) in [6.45, 7) is 4.94. The first kappa shape index (κ1) is 30.7. The number of piperazine rings is 1. The van der Waals surface area contributed by atoms with Crippen molar-refractivity contribution in [3.63, 3.8) is 0 Å². The Morgan fingerprint density at radius 3 is 2.26 bits per heavy atom. The molecule has 15 heteroatoms. The molecule has 13 nitrogen and oxygen atoms in total. The van der Waals surface area contributed by atoms with Crippen LogP contribution in [0.4, 0.5) is 23.1 Å². The van der Waals surface area contributed by atoms with Gasteiger partial charge in [-0.1, -0.05) is 12.1 Å². The number of aryl methyl sites for hydroxylation is 1. The number of nitrogens with one attached hydrogen (secondary N) is 1. The number of carbonyl (C=O) groups excluding carboxylic acids is 1. The smallest absolute Gasteiger partial charge is 0.257 e. The number of rotatable bonds is 8. The van der Waals surface area contributed by atoms with Crippen molar-refractivity contribution < 1.29 is 21.6 Å². The lowest BCUT2D eigenvalue weighted by Gasteiger charge is -2.34. The van der Waals surface area contributed by atoms with E-state index < -0.39 is 26.0 Å². The Kier molecular flexibility index (Phi) is 8.61. The van der Waals surface area contributed by atoms with E-state index in [0.29, 0.717) is 24.7 Å². The summed E-state index contributed by atoms with van der Waals surface area (Å²) in [7, 11) is -5.99. The number of hydrogen-bond acceptors (Lipinski definition) is 10. The molecule has 2 aliphatic heterocycles. The number of nitrogens with zero attached hydrogens (tertiary/aromatic N) is 6. The average Bonchev–Trinajstić information content (AvgIpc) is 3.42. The SMILES string of the molecule is Cc1cc(N2CC[C@H](N)C2)nc(N2CCN(S(=O)(=O)c3ccc(NC(=O)c4ccccc4N(C)S(C)(=O)=O)cc3)CC2)n1. The van der Waals surface area contributed by atoms with Crippen LogP contribution in [-0.2, 0) is 20.0 Å². The highest BCUT2D eigenvalue weighted by atomic mass is 32.2. The zero-order valence-corrected chi connectivity index (χ0v) is 26.0. The third kappa shape index (κ3) is 6.74. The Labute approximate surface area is 252 Å². The number of aromatic nitrogens is 2. The van der Waals surface area contributed by atoms with Crippen LogP contribution >= 0.6 is 0 Å². The molecule has 1 atom stereocenters. The van der Waals surface area contributed by atoms with Gasteiger partial charge in [0, 0.05) is 69.8 Å². The number of hydrogen-bond donors (Lipinski definition) is 2. The van der Waals surface area contributed by atoms with E-state index in [0.717, 1.165) is 41.6 Å². The Hall–Kier alpha value is -3.79. The molecule has 0 saturated carbocycles. The van der Waals surface area contributed by atoms with Gasteiger partial charge >= 0.3 is 0 Å². The van der Waals surface area contributed by atoms with Crippen LogP contribution in [0, 0.1) is 6.92 Å². The summed E-state index contributed by atoms with van der Waals surface area (Å²) in [6.07, 6.45) is 1.97. The molecule has 0 aliphatic carbocycles. The van der Waals surface area contributed by atoms with Gasteiger partial charge in [0.2, 0.25) is 26.0 Å². The molecule has 3 aromatic rings. The molecule has 2 fully saturated rings. The van der Waals surface area contributed by atoms with Gasteiger partial charge < -0.3 is 20.9 Å². The highest BCUT2D eigenvalue weighted by molar-refractivity contribution is 7.92.